The second-order valence-electron chi connectivity index (χ2n) is 6.69. The summed E-state index contributed by atoms with van der Waals surface area (Å²) in [5.74, 6) is 0.557. The van der Waals surface area contributed by atoms with Crippen molar-refractivity contribution in [1.29, 1.82) is 0 Å². The van der Waals surface area contributed by atoms with Crippen LogP contribution in [-0.4, -0.2) is 37.0 Å². The van der Waals surface area contributed by atoms with Crippen LogP contribution in [0.5, 0.6) is 0 Å². The Hall–Kier alpha value is -2.58. The lowest BCUT2D eigenvalue weighted by atomic mass is 10.0. The van der Waals surface area contributed by atoms with E-state index in [1.165, 1.54) is 22.7 Å². The summed E-state index contributed by atoms with van der Waals surface area (Å²) in [6.45, 7) is 3.24. The number of hydrogen-bond donors (Lipinski definition) is 0. The van der Waals surface area contributed by atoms with Crippen LogP contribution in [-0.2, 0) is 10.0 Å². The second-order valence-corrected chi connectivity index (χ2v) is 8.63. The summed E-state index contributed by atoms with van der Waals surface area (Å²) < 4.78 is 27.0. The summed E-state index contributed by atoms with van der Waals surface area (Å²) in [4.78, 5) is 14.9. The van der Waals surface area contributed by atoms with Gasteiger partial charge in [0.15, 0.2) is 0 Å². The SMILES string of the molecule is CC1CCN(S(=O)(=O)c2ccc(N=Cc3cccc([N+](=O)[O-])c3)cc2)CC1. The molecular weight excluding hydrogens is 366 g/mol. The zero-order valence-electron chi connectivity index (χ0n) is 15.0. The summed E-state index contributed by atoms with van der Waals surface area (Å²) >= 11 is 0. The number of nitro benzene ring substituents is 1. The molecule has 0 spiro atoms. The second kappa shape index (κ2) is 7.98. The van der Waals surface area contributed by atoms with Crippen LogP contribution in [0.3, 0.4) is 0 Å². The largest absolute Gasteiger partial charge is 0.270 e. The Labute approximate surface area is 158 Å². The molecule has 0 amide bonds. The van der Waals surface area contributed by atoms with Gasteiger partial charge in [-0.15, -0.1) is 0 Å². The molecule has 0 saturated carbocycles. The molecule has 0 atom stereocenters. The maximum atomic E-state index is 12.7. The minimum absolute atomic E-state index is 0.00348. The average Bonchev–Trinajstić information content (AvgIpc) is 2.67. The number of non-ortho nitro benzene ring substituents is 1. The molecule has 2 aromatic rings. The minimum atomic E-state index is -3.48. The molecule has 0 bridgehead atoms. The summed E-state index contributed by atoms with van der Waals surface area (Å²) in [5.41, 5.74) is 1.17. The van der Waals surface area contributed by atoms with Crippen molar-refractivity contribution in [2.75, 3.05) is 13.1 Å². The molecule has 3 rings (SSSR count). The van der Waals surface area contributed by atoms with Crippen LogP contribution in [0, 0.1) is 16.0 Å². The van der Waals surface area contributed by atoms with Crippen molar-refractivity contribution >= 4 is 27.6 Å². The predicted molar refractivity (Wildman–Crippen MR) is 104 cm³/mol. The Morgan fingerprint density at radius 1 is 1.15 bits per heavy atom. The van der Waals surface area contributed by atoms with Crippen molar-refractivity contribution in [2.24, 2.45) is 10.9 Å². The fraction of sp³-hybridized carbons (Fsp3) is 0.316. The van der Waals surface area contributed by atoms with E-state index in [1.54, 1.807) is 36.4 Å². The lowest BCUT2D eigenvalue weighted by Gasteiger charge is -2.29. The quantitative estimate of drug-likeness (QED) is 0.443. The monoisotopic (exact) mass is 387 g/mol. The van der Waals surface area contributed by atoms with Crippen molar-refractivity contribution in [3.8, 4) is 0 Å². The molecule has 0 unspecified atom stereocenters. The number of aliphatic imine (C=N–C) groups is 1. The van der Waals surface area contributed by atoms with Gasteiger partial charge in [0.2, 0.25) is 10.0 Å². The molecule has 1 saturated heterocycles. The molecule has 0 N–H and O–H groups in total. The van der Waals surface area contributed by atoms with E-state index in [0.29, 0.717) is 30.3 Å². The summed E-state index contributed by atoms with van der Waals surface area (Å²) in [7, 11) is -3.48. The molecule has 0 radical (unpaired) electrons. The van der Waals surface area contributed by atoms with Gasteiger partial charge in [0.25, 0.3) is 5.69 Å². The van der Waals surface area contributed by atoms with Crippen LogP contribution < -0.4 is 0 Å². The van der Waals surface area contributed by atoms with E-state index in [4.69, 9.17) is 0 Å². The third kappa shape index (κ3) is 4.58. The number of piperidine rings is 1. The Morgan fingerprint density at radius 3 is 2.44 bits per heavy atom. The van der Waals surface area contributed by atoms with Crippen LogP contribution in [0.1, 0.15) is 25.3 Å². The standard InChI is InChI=1S/C19H21N3O4S/c1-15-9-11-21(12-10-15)27(25,26)19-7-5-17(6-8-19)20-14-16-3-2-4-18(13-16)22(23)24/h2-8,13-15H,9-12H2,1H3. The predicted octanol–water partition coefficient (Wildman–Crippen LogP) is 3.77. The lowest BCUT2D eigenvalue weighted by molar-refractivity contribution is -0.384. The van der Waals surface area contributed by atoms with E-state index in [-0.39, 0.29) is 10.6 Å². The first-order chi connectivity index (χ1) is 12.9. The zero-order chi connectivity index (χ0) is 19.4. The van der Waals surface area contributed by atoms with Crippen molar-refractivity contribution in [3.05, 3.63) is 64.2 Å². The van der Waals surface area contributed by atoms with Crippen molar-refractivity contribution in [3.63, 3.8) is 0 Å². The lowest BCUT2D eigenvalue weighted by Crippen LogP contribution is -2.37. The number of rotatable bonds is 5. The van der Waals surface area contributed by atoms with E-state index in [2.05, 4.69) is 11.9 Å². The van der Waals surface area contributed by atoms with E-state index in [0.717, 1.165) is 12.8 Å². The van der Waals surface area contributed by atoms with Gasteiger partial charge in [0, 0.05) is 31.4 Å². The number of sulfonamides is 1. The van der Waals surface area contributed by atoms with Crippen molar-refractivity contribution < 1.29 is 13.3 Å². The summed E-state index contributed by atoms with van der Waals surface area (Å²) in [6, 6.07) is 12.5. The molecule has 1 aliphatic heterocycles. The molecule has 1 heterocycles. The molecule has 0 aliphatic carbocycles. The number of hydrogen-bond acceptors (Lipinski definition) is 5. The fourth-order valence-electron chi connectivity index (χ4n) is 2.95. The highest BCUT2D eigenvalue weighted by Gasteiger charge is 2.27. The topological polar surface area (TPSA) is 92.9 Å². The molecule has 1 aliphatic rings. The van der Waals surface area contributed by atoms with E-state index < -0.39 is 14.9 Å². The third-order valence-electron chi connectivity index (χ3n) is 4.66. The van der Waals surface area contributed by atoms with Crippen LogP contribution in [0.2, 0.25) is 0 Å². The normalized spacial score (nSPS) is 16.6. The van der Waals surface area contributed by atoms with Gasteiger partial charge in [0.1, 0.15) is 0 Å². The van der Waals surface area contributed by atoms with Crippen LogP contribution >= 0.6 is 0 Å². The first-order valence-corrected chi connectivity index (χ1v) is 10.2. The van der Waals surface area contributed by atoms with Gasteiger partial charge in [0.05, 0.1) is 15.5 Å². The van der Waals surface area contributed by atoms with Gasteiger partial charge >= 0.3 is 0 Å². The highest BCUT2D eigenvalue weighted by molar-refractivity contribution is 7.89. The molecule has 1 fully saturated rings. The van der Waals surface area contributed by atoms with Gasteiger partial charge in [-0.1, -0.05) is 19.1 Å². The van der Waals surface area contributed by atoms with E-state index >= 15 is 0 Å². The van der Waals surface area contributed by atoms with Crippen molar-refractivity contribution in [1.82, 2.24) is 4.31 Å². The molecule has 8 heteroatoms. The Kier molecular flexibility index (Phi) is 5.67. The summed E-state index contributed by atoms with van der Waals surface area (Å²) in [6.07, 6.45) is 3.28. The molecule has 7 nitrogen and oxygen atoms in total. The van der Waals surface area contributed by atoms with Gasteiger partial charge in [-0.3, -0.25) is 15.1 Å². The van der Waals surface area contributed by atoms with Crippen LogP contribution in [0.4, 0.5) is 11.4 Å². The van der Waals surface area contributed by atoms with Crippen LogP contribution in [0.25, 0.3) is 0 Å². The number of nitro groups is 1. The van der Waals surface area contributed by atoms with Gasteiger partial charge < -0.3 is 0 Å². The van der Waals surface area contributed by atoms with Gasteiger partial charge in [-0.05, 0) is 48.6 Å². The number of nitrogens with zero attached hydrogens (tertiary/aromatic N) is 3. The van der Waals surface area contributed by atoms with Crippen LogP contribution in [0.15, 0.2) is 58.4 Å². The molecule has 0 aromatic heterocycles. The number of benzene rings is 2. The highest BCUT2D eigenvalue weighted by Crippen LogP contribution is 2.25. The first-order valence-electron chi connectivity index (χ1n) is 8.75. The smallest absolute Gasteiger partial charge is 0.258 e. The average molecular weight is 387 g/mol. The maximum Gasteiger partial charge on any atom is 0.270 e. The van der Waals surface area contributed by atoms with E-state index in [9.17, 15) is 18.5 Å². The molecular formula is C19H21N3O4S. The Bertz CT molecular complexity index is 947. The van der Waals surface area contributed by atoms with Gasteiger partial charge in [-0.2, -0.15) is 4.31 Å². The summed E-state index contributed by atoms with van der Waals surface area (Å²) in [5, 5.41) is 10.8. The molecule has 142 valence electrons. The minimum Gasteiger partial charge on any atom is -0.258 e. The van der Waals surface area contributed by atoms with E-state index in [1.807, 2.05) is 0 Å². The zero-order valence-corrected chi connectivity index (χ0v) is 15.8. The highest BCUT2D eigenvalue weighted by atomic mass is 32.2. The third-order valence-corrected chi connectivity index (χ3v) is 6.57. The fourth-order valence-corrected chi connectivity index (χ4v) is 4.42. The Morgan fingerprint density at radius 2 is 1.81 bits per heavy atom. The Balaban J connectivity index is 1.73. The molecule has 2 aromatic carbocycles. The first kappa shape index (κ1) is 19.2. The van der Waals surface area contributed by atoms with Gasteiger partial charge in [-0.25, -0.2) is 8.42 Å². The maximum absolute atomic E-state index is 12.7. The van der Waals surface area contributed by atoms with Crippen molar-refractivity contribution in [2.45, 2.75) is 24.7 Å². The molecule has 27 heavy (non-hydrogen) atoms.